The fourth-order valence-electron chi connectivity index (χ4n) is 4.17. The minimum Gasteiger partial charge on any atom is -0.486 e. The van der Waals surface area contributed by atoms with E-state index in [1.165, 1.54) is 42.5 Å². The van der Waals surface area contributed by atoms with E-state index in [1.807, 2.05) is 0 Å². The van der Waals surface area contributed by atoms with Gasteiger partial charge < -0.3 is 30.0 Å². The number of carbonyl (C=O) groups is 3. The van der Waals surface area contributed by atoms with Crippen molar-refractivity contribution in [2.24, 2.45) is 0 Å². The minimum atomic E-state index is -4.44. The van der Waals surface area contributed by atoms with Crippen LogP contribution in [0.3, 0.4) is 0 Å². The Balaban J connectivity index is 0.000000311. The van der Waals surface area contributed by atoms with E-state index in [0.29, 0.717) is 11.1 Å². The summed E-state index contributed by atoms with van der Waals surface area (Å²) < 4.78 is 118. The second kappa shape index (κ2) is 18.3. The summed E-state index contributed by atoms with van der Waals surface area (Å²) in [6, 6.07) is 15.3. The first-order valence-electron chi connectivity index (χ1n) is 15.8. The van der Waals surface area contributed by atoms with Crippen molar-refractivity contribution in [1.82, 2.24) is 10.6 Å². The molecule has 0 heterocycles. The van der Waals surface area contributed by atoms with Crippen molar-refractivity contribution in [2.75, 3.05) is 13.1 Å². The maximum absolute atomic E-state index is 14.3. The molecule has 0 radical (unpaired) electrons. The lowest BCUT2D eigenvalue weighted by molar-refractivity contribution is -0.138. The van der Waals surface area contributed by atoms with Gasteiger partial charge in [-0.3, -0.25) is 4.79 Å². The molecular formula is C37H34F8N2O7. The molecule has 0 aliphatic rings. The molecule has 54 heavy (non-hydrogen) atoms. The first-order valence-corrected chi connectivity index (χ1v) is 15.8. The van der Waals surface area contributed by atoms with Crippen molar-refractivity contribution >= 4 is 18.0 Å². The highest BCUT2D eigenvalue weighted by Gasteiger charge is 2.30. The average Bonchev–Trinajstić information content (AvgIpc) is 3.08. The molecule has 0 fully saturated rings. The average molecular weight is 771 g/mol. The third-order valence-electron chi connectivity index (χ3n) is 6.80. The van der Waals surface area contributed by atoms with Gasteiger partial charge in [0, 0.05) is 18.7 Å². The summed E-state index contributed by atoms with van der Waals surface area (Å²) in [5.41, 5.74) is -1.54. The SMILES string of the molecule is CC(C)(C)OC(=O)NCCNC(=O)c1ccc(OCc2ccc(C(F)(F)F)cc2)c(F)c1.O=C(O)c1ccc(OCc2ccc(C(F)(F)F)cc2)c(F)c1. The molecule has 0 aliphatic heterocycles. The lowest BCUT2D eigenvalue weighted by Crippen LogP contribution is -2.37. The molecule has 4 rings (SSSR count). The van der Waals surface area contributed by atoms with Gasteiger partial charge in [-0.2, -0.15) is 26.3 Å². The molecule has 3 N–H and O–H groups in total. The van der Waals surface area contributed by atoms with Crippen LogP contribution in [0.5, 0.6) is 11.5 Å². The molecule has 17 heteroatoms. The lowest BCUT2D eigenvalue weighted by Gasteiger charge is -2.19. The first kappa shape index (κ1) is 42.5. The third-order valence-corrected chi connectivity index (χ3v) is 6.80. The molecule has 0 saturated carbocycles. The van der Waals surface area contributed by atoms with Gasteiger partial charge in [-0.25, -0.2) is 18.4 Å². The lowest BCUT2D eigenvalue weighted by atomic mass is 10.1. The number of benzene rings is 4. The van der Waals surface area contributed by atoms with Crippen LogP contribution < -0.4 is 20.1 Å². The number of amides is 2. The van der Waals surface area contributed by atoms with E-state index in [1.54, 1.807) is 20.8 Å². The number of hydrogen-bond acceptors (Lipinski definition) is 6. The molecule has 0 aliphatic carbocycles. The molecule has 4 aromatic rings. The van der Waals surface area contributed by atoms with Crippen LogP contribution in [-0.2, 0) is 30.3 Å². The van der Waals surface area contributed by atoms with E-state index in [9.17, 15) is 49.5 Å². The van der Waals surface area contributed by atoms with Crippen LogP contribution in [0.4, 0.5) is 39.9 Å². The summed E-state index contributed by atoms with van der Waals surface area (Å²) in [5.74, 6) is -3.79. The van der Waals surface area contributed by atoms with Gasteiger partial charge >= 0.3 is 24.4 Å². The van der Waals surface area contributed by atoms with Crippen LogP contribution in [-0.4, -0.2) is 41.8 Å². The summed E-state index contributed by atoms with van der Waals surface area (Å²) in [5, 5.41) is 13.7. The first-order chi connectivity index (χ1) is 25.1. The molecule has 0 bridgehead atoms. The standard InChI is InChI=1S/C22H24F4N2O4.C15H10F4O3/c1-21(2,3)32-20(30)28-11-10-27-19(29)15-6-9-18(17(23)12-15)31-13-14-4-7-16(8-5-14)22(24,25)26;16-12-7-10(14(20)21)3-6-13(12)22-8-9-1-4-11(5-2-9)15(17,18)19/h4-9,12H,10-11,13H2,1-3H3,(H,27,29)(H,28,30);1-7H,8H2,(H,20,21). The number of nitrogens with one attached hydrogen (secondary N) is 2. The smallest absolute Gasteiger partial charge is 0.416 e. The van der Waals surface area contributed by atoms with Crippen LogP contribution in [0.1, 0.15) is 63.7 Å². The fraction of sp³-hybridized carbons (Fsp3) is 0.270. The van der Waals surface area contributed by atoms with Gasteiger partial charge in [0.15, 0.2) is 23.1 Å². The van der Waals surface area contributed by atoms with Gasteiger partial charge in [0.05, 0.1) is 16.7 Å². The summed E-state index contributed by atoms with van der Waals surface area (Å²) in [6.45, 7) is 5.11. The number of alkyl halides is 6. The highest BCUT2D eigenvalue weighted by atomic mass is 19.4. The molecule has 4 aromatic carbocycles. The van der Waals surface area contributed by atoms with E-state index in [0.717, 1.165) is 42.5 Å². The number of aromatic carboxylic acids is 1. The summed E-state index contributed by atoms with van der Waals surface area (Å²) in [6.07, 6.45) is -9.47. The maximum atomic E-state index is 14.3. The van der Waals surface area contributed by atoms with Crippen LogP contribution in [0.25, 0.3) is 0 Å². The van der Waals surface area contributed by atoms with Crippen molar-refractivity contribution in [3.05, 3.63) is 130 Å². The van der Waals surface area contributed by atoms with E-state index in [2.05, 4.69) is 10.6 Å². The molecule has 0 unspecified atom stereocenters. The van der Waals surface area contributed by atoms with E-state index >= 15 is 0 Å². The van der Waals surface area contributed by atoms with Gasteiger partial charge in [0.2, 0.25) is 0 Å². The predicted molar refractivity (Wildman–Crippen MR) is 178 cm³/mol. The fourth-order valence-corrected chi connectivity index (χ4v) is 4.17. The van der Waals surface area contributed by atoms with E-state index < -0.39 is 58.7 Å². The quantitative estimate of drug-likeness (QED) is 0.103. The number of rotatable bonds is 11. The van der Waals surface area contributed by atoms with Gasteiger partial charge in [0.25, 0.3) is 5.91 Å². The largest absolute Gasteiger partial charge is 0.486 e. The normalized spacial score (nSPS) is 11.5. The maximum Gasteiger partial charge on any atom is 0.416 e. The number of carboxylic acids is 1. The number of alkyl carbamates (subject to hydrolysis) is 1. The molecule has 0 saturated heterocycles. The minimum absolute atomic E-state index is 0.0432. The van der Waals surface area contributed by atoms with Crippen LogP contribution in [0, 0.1) is 11.6 Å². The third kappa shape index (κ3) is 13.9. The van der Waals surface area contributed by atoms with Gasteiger partial charge in [-0.05, 0) is 92.6 Å². The zero-order valence-corrected chi connectivity index (χ0v) is 28.8. The Hall–Kier alpha value is -5.87. The molecule has 0 spiro atoms. The molecular weight excluding hydrogens is 736 g/mol. The topological polar surface area (TPSA) is 123 Å². The molecule has 0 atom stereocenters. The highest BCUT2D eigenvalue weighted by Crippen LogP contribution is 2.30. The Morgan fingerprint density at radius 1 is 0.611 bits per heavy atom. The zero-order valence-electron chi connectivity index (χ0n) is 28.8. The highest BCUT2D eigenvalue weighted by molar-refractivity contribution is 5.94. The Morgan fingerprint density at radius 3 is 1.41 bits per heavy atom. The van der Waals surface area contributed by atoms with Gasteiger partial charge in [-0.1, -0.05) is 24.3 Å². The zero-order chi connectivity index (χ0) is 40.3. The van der Waals surface area contributed by atoms with Crippen molar-refractivity contribution in [3.63, 3.8) is 0 Å². The molecule has 290 valence electrons. The summed E-state index contributed by atoms with van der Waals surface area (Å²) in [4.78, 5) is 34.3. The van der Waals surface area contributed by atoms with Crippen LogP contribution in [0.2, 0.25) is 0 Å². The number of hydrogen-bond donors (Lipinski definition) is 3. The van der Waals surface area contributed by atoms with Crippen LogP contribution >= 0.6 is 0 Å². The summed E-state index contributed by atoms with van der Waals surface area (Å²) >= 11 is 0. The second-order valence-electron chi connectivity index (χ2n) is 12.2. The summed E-state index contributed by atoms with van der Waals surface area (Å²) in [7, 11) is 0. The van der Waals surface area contributed by atoms with Crippen molar-refractivity contribution in [2.45, 2.75) is 51.9 Å². The van der Waals surface area contributed by atoms with Crippen molar-refractivity contribution in [3.8, 4) is 11.5 Å². The Bertz CT molecular complexity index is 1890. The number of carboxylic acid groups (broad SMARTS) is 1. The van der Waals surface area contributed by atoms with E-state index in [4.69, 9.17) is 19.3 Å². The predicted octanol–water partition coefficient (Wildman–Crippen LogP) is 8.80. The number of carbonyl (C=O) groups excluding carboxylic acids is 2. The molecule has 0 aromatic heterocycles. The Kier molecular flexibility index (Phi) is 14.4. The van der Waals surface area contributed by atoms with Crippen molar-refractivity contribution in [1.29, 1.82) is 0 Å². The Labute approximate surface area is 303 Å². The molecule has 2 amide bonds. The van der Waals surface area contributed by atoms with E-state index in [-0.39, 0.29) is 48.9 Å². The van der Waals surface area contributed by atoms with Gasteiger partial charge in [-0.15, -0.1) is 0 Å². The second-order valence-corrected chi connectivity index (χ2v) is 12.2. The monoisotopic (exact) mass is 770 g/mol. The number of ether oxygens (including phenoxy) is 3. The molecule has 9 nitrogen and oxygen atoms in total. The van der Waals surface area contributed by atoms with Crippen molar-refractivity contribution < 1.29 is 68.8 Å². The number of halogens is 8. The van der Waals surface area contributed by atoms with Crippen LogP contribution in [0.15, 0.2) is 84.9 Å². The van der Waals surface area contributed by atoms with Gasteiger partial charge in [0.1, 0.15) is 18.8 Å². The Morgan fingerprint density at radius 2 is 1.02 bits per heavy atom.